The molecule has 3 N–H and O–H groups in total. The Kier molecular flexibility index (Phi) is 5.36. The number of rotatable bonds is 7. The lowest BCUT2D eigenvalue weighted by Crippen LogP contribution is -2.47. The maximum absolute atomic E-state index is 13.0. The molecule has 0 unspecified atom stereocenters. The van der Waals surface area contributed by atoms with E-state index in [0.29, 0.717) is 5.82 Å². The van der Waals surface area contributed by atoms with E-state index >= 15 is 0 Å². The second-order valence-electron chi connectivity index (χ2n) is 6.56. The van der Waals surface area contributed by atoms with Gasteiger partial charge in [0.05, 0.1) is 17.2 Å². The molecule has 150 valence electrons. The Balaban J connectivity index is 1.63. The number of primary amides is 1. The fraction of sp³-hybridized carbons (Fsp3) is 0.0952. The van der Waals surface area contributed by atoms with E-state index in [4.69, 9.17) is 5.73 Å². The van der Waals surface area contributed by atoms with Crippen molar-refractivity contribution in [2.24, 2.45) is 5.73 Å². The molecule has 0 bridgehead atoms. The highest BCUT2D eigenvalue weighted by molar-refractivity contribution is 7.12. The number of amides is 2. The second-order valence-corrected chi connectivity index (χ2v) is 7.42. The zero-order chi connectivity index (χ0) is 21.1. The molecule has 0 fully saturated rings. The van der Waals surface area contributed by atoms with E-state index in [1.165, 1.54) is 5.51 Å². The van der Waals surface area contributed by atoms with Crippen LogP contribution in [-0.2, 0) is 16.0 Å². The number of carbonyl (C=O) groups excluding carboxylic acids is 3. The highest BCUT2D eigenvalue weighted by Gasteiger charge is 2.28. The number of nitrogens with one attached hydrogen (secondary N) is 1. The SMILES string of the molecule is NC(=O)C(=O)[C@H](Cc1ccccc1)NC(=O)c1scnc1-n1ncc2ccccc21. The number of carbonyl (C=O) groups is 3. The van der Waals surface area contributed by atoms with E-state index in [9.17, 15) is 14.4 Å². The Labute approximate surface area is 175 Å². The van der Waals surface area contributed by atoms with Crippen LogP contribution in [0.3, 0.4) is 0 Å². The number of fused-ring (bicyclic) bond motifs is 1. The Morgan fingerprint density at radius 3 is 2.57 bits per heavy atom. The van der Waals surface area contributed by atoms with Crippen LogP contribution in [0.2, 0.25) is 0 Å². The van der Waals surface area contributed by atoms with Crippen LogP contribution in [0.1, 0.15) is 15.2 Å². The zero-order valence-corrected chi connectivity index (χ0v) is 16.5. The minimum Gasteiger partial charge on any atom is -0.363 e. The largest absolute Gasteiger partial charge is 0.363 e. The predicted molar refractivity (Wildman–Crippen MR) is 112 cm³/mol. The molecule has 0 radical (unpaired) electrons. The number of Topliss-reactive ketones (excluding diaryl/α,β-unsaturated/α-hetero) is 1. The second kappa shape index (κ2) is 8.26. The summed E-state index contributed by atoms with van der Waals surface area (Å²) in [7, 11) is 0. The monoisotopic (exact) mass is 419 g/mol. The molecular weight excluding hydrogens is 402 g/mol. The Morgan fingerprint density at radius 2 is 1.80 bits per heavy atom. The Morgan fingerprint density at radius 1 is 1.07 bits per heavy atom. The van der Waals surface area contributed by atoms with E-state index < -0.39 is 23.6 Å². The van der Waals surface area contributed by atoms with Gasteiger partial charge < -0.3 is 11.1 Å². The number of ketones is 1. The molecule has 0 aliphatic rings. The number of benzene rings is 2. The van der Waals surface area contributed by atoms with E-state index in [1.807, 2.05) is 42.5 Å². The molecule has 0 aliphatic heterocycles. The van der Waals surface area contributed by atoms with Crippen LogP contribution in [0.15, 0.2) is 66.3 Å². The van der Waals surface area contributed by atoms with Crippen molar-refractivity contribution in [2.45, 2.75) is 12.5 Å². The third-order valence-electron chi connectivity index (χ3n) is 4.58. The van der Waals surface area contributed by atoms with E-state index in [1.54, 1.807) is 23.0 Å². The summed E-state index contributed by atoms with van der Waals surface area (Å²) in [4.78, 5) is 41.4. The summed E-state index contributed by atoms with van der Waals surface area (Å²) >= 11 is 1.12. The number of thiazole rings is 1. The van der Waals surface area contributed by atoms with Crippen LogP contribution in [-0.4, -0.2) is 38.4 Å². The highest BCUT2D eigenvalue weighted by Crippen LogP contribution is 2.22. The molecule has 4 aromatic rings. The fourth-order valence-electron chi connectivity index (χ4n) is 3.14. The molecule has 4 rings (SSSR count). The van der Waals surface area contributed by atoms with Gasteiger partial charge in [-0.05, 0) is 11.6 Å². The van der Waals surface area contributed by atoms with Crippen molar-refractivity contribution in [1.29, 1.82) is 0 Å². The van der Waals surface area contributed by atoms with Gasteiger partial charge in [0.2, 0.25) is 5.78 Å². The van der Waals surface area contributed by atoms with Crippen molar-refractivity contribution < 1.29 is 14.4 Å². The Hall–Kier alpha value is -3.85. The average molecular weight is 419 g/mol. The van der Waals surface area contributed by atoms with Gasteiger partial charge in [0, 0.05) is 11.8 Å². The molecule has 2 heterocycles. The zero-order valence-electron chi connectivity index (χ0n) is 15.7. The number of aromatic nitrogens is 3. The van der Waals surface area contributed by atoms with E-state index in [0.717, 1.165) is 27.8 Å². The van der Waals surface area contributed by atoms with Gasteiger partial charge >= 0.3 is 0 Å². The van der Waals surface area contributed by atoms with Crippen LogP contribution in [0.25, 0.3) is 16.7 Å². The van der Waals surface area contributed by atoms with Crippen molar-refractivity contribution in [1.82, 2.24) is 20.1 Å². The molecule has 30 heavy (non-hydrogen) atoms. The van der Waals surface area contributed by atoms with Gasteiger partial charge in [0.1, 0.15) is 10.9 Å². The first-order chi connectivity index (χ1) is 14.5. The molecule has 0 spiro atoms. The van der Waals surface area contributed by atoms with Crippen molar-refractivity contribution in [3.63, 3.8) is 0 Å². The summed E-state index contributed by atoms with van der Waals surface area (Å²) < 4.78 is 1.57. The fourth-order valence-corrected chi connectivity index (χ4v) is 3.81. The Bertz CT molecular complexity index is 1230. The lowest BCUT2D eigenvalue weighted by atomic mass is 10.0. The predicted octanol–water partition coefficient (Wildman–Crippen LogP) is 1.88. The first-order valence-electron chi connectivity index (χ1n) is 9.09. The summed E-state index contributed by atoms with van der Waals surface area (Å²) in [6, 6.07) is 15.5. The lowest BCUT2D eigenvalue weighted by Gasteiger charge is -2.16. The first-order valence-corrected chi connectivity index (χ1v) is 9.97. The number of nitrogens with zero attached hydrogens (tertiary/aromatic N) is 3. The van der Waals surface area contributed by atoms with Gasteiger partial charge in [-0.3, -0.25) is 14.4 Å². The first kappa shape index (κ1) is 19.5. The number of hydrogen-bond donors (Lipinski definition) is 2. The number of para-hydroxylation sites is 1. The van der Waals surface area contributed by atoms with Gasteiger partial charge in [-0.1, -0.05) is 48.5 Å². The summed E-state index contributed by atoms with van der Waals surface area (Å²) in [5.74, 6) is -2.13. The topological polar surface area (TPSA) is 120 Å². The summed E-state index contributed by atoms with van der Waals surface area (Å²) in [5, 5.41) is 7.88. The van der Waals surface area contributed by atoms with Gasteiger partial charge in [-0.2, -0.15) is 5.10 Å². The summed E-state index contributed by atoms with van der Waals surface area (Å²) in [6.07, 6.45) is 1.83. The molecule has 9 heteroatoms. The van der Waals surface area contributed by atoms with Crippen molar-refractivity contribution >= 4 is 39.8 Å². The molecule has 2 aromatic carbocycles. The smallest absolute Gasteiger partial charge is 0.287 e. The van der Waals surface area contributed by atoms with E-state index in [2.05, 4.69) is 15.4 Å². The number of nitrogens with two attached hydrogens (primary N) is 1. The molecule has 2 aromatic heterocycles. The van der Waals surface area contributed by atoms with Crippen LogP contribution >= 0.6 is 11.3 Å². The van der Waals surface area contributed by atoms with Gasteiger partial charge in [0.25, 0.3) is 11.8 Å². The van der Waals surface area contributed by atoms with Crippen molar-refractivity contribution in [2.75, 3.05) is 0 Å². The summed E-state index contributed by atoms with van der Waals surface area (Å²) in [6.45, 7) is 0. The van der Waals surface area contributed by atoms with Crippen LogP contribution in [0.5, 0.6) is 0 Å². The molecule has 8 nitrogen and oxygen atoms in total. The van der Waals surface area contributed by atoms with Gasteiger partial charge in [-0.15, -0.1) is 11.3 Å². The quantitative estimate of drug-likeness (QED) is 0.443. The van der Waals surface area contributed by atoms with Crippen LogP contribution in [0, 0.1) is 0 Å². The molecule has 0 saturated carbocycles. The van der Waals surface area contributed by atoms with Gasteiger partial charge in [-0.25, -0.2) is 9.67 Å². The third-order valence-corrected chi connectivity index (χ3v) is 5.39. The summed E-state index contributed by atoms with van der Waals surface area (Å²) in [5.41, 5.74) is 8.31. The normalized spacial score (nSPS) is 11.9. The molecule has 0 saturated heterocycles. The standard InChI is InChI=1S/C21H17N5O3S/c22-19(28)17(27)15(10-13-6-2-1-3-7-13)25-21(29)18-20(23-12-30-18)26-16-9-5-4-8-14(16)11-24-26/h1-9,11-12,15H,10H2,(H2,22,28)(H,25,29)/t15-/m0/s1. The maximum atomic E-state index is 13.0. The van der Waals surface area contributed by atoms with Crippen LogP contribution < -0.4 is 11.1 Å². The minimum atomic E-state index is -1.10. The van der Waals surface area contributed by atoms with Crippen LogP contribution in [0.4, 0.5) is 0 Å². The molecule has 2 amide bonds. The third kappa shape index (κ3) is 3.83. The highest BCUT2D eigenvalue weighted by atomic mass is 32.1. The van der Waals surface area contributed by atoms with Crippen molar-refractivity contribution in [3.05, 3.63) is 76.7 Å². The van der Waals surface area contributed by atoms with Crippen molar-refractivity contribution in [3.8, 4) is 5.82 Å². The van der Waals surface area contributed by atoms with Gasteiger partial charge in [0.15, 0.2) is 5.82 Å². The minimum absolute atomic E-state index is 0.146. The molecule has 0 aliphatic carbocycles. The maximum Gasteiger partial charge on any atom is 0.287 e. The molecular formula is C21H17N5O3S. The number of hydrogen-bond acceptors (Lipinski definition) is 6. The lowest BCUT2D eigenvalue weighted by molar-refractivity contribution is -0.137. The molecule has 1 atom stereocenters. The van der Waals surface area contributed by atoms with E-state index in [-0.39, 0.29) is 11.3 Å². The average Bonchev–Trinajstić information content (AvgIpc) is 3.40.